The third-order valence-electron chi connectivity index (χ3n) is 7.76. The highest BCUT2D eigenvalue weighted by Gasteiger charge is 2.39. The van der Waals surface area contributed by atoms with Gasteiger partial charge >= 0.3 is 0 Å². The van der Waals surface area contributed by atoms with Crippen molar-refractivity contribution in [2.75, 3.05) is 0 Å². The minimum atomic E-state index is -1.41. The molecule has 6 rings (SSSR count). The molecule has 0 spiro atoms. The molecule has 194 valence electrons. The highest BCUT2D eigenvalue weighted by atomic mass is 16.3. The van der Waals surface area contributed by atoms with Crippen molar-refractivity contribution in [1.82, 2.24) is 0 Å². The van der Waals surface area contributed by atoms with Gasteiger partial charge in [-0.1, -0.05) is 18.2 Å². The van der Waals surface area contributed by atoms with Crippen LogP contribution in [0.2, 0.25) is 0 Å². The van der Waals surface area contributed by atoms with Gasteiger partial charge in [0.15, 0.2) is 11.6 Å². The SMILES string of the molecule is CC1(O)CC(=O)c2c(cc3ccc(-c4c5c(c(O)c6c(O)cccc46)C(=O)C[C@@](C)(O)C5)c(O)c3c2O)C1. The Kier molecular flexibility index (Phi) is 4.90. The lowest BCUT2D eigenvalue weighted by molar-refractivity contribution is 0.0396. The lowest BCUT2D eigenvalue weighted by Gasteiger charge is -2.32. The van der Waals surface area contributed by atoms with Gasteiger partial charge in [0.2, 0.25) is 0 Å². The van der Waals surface area contributed by atoms with E-state index in [1.165, 1.54) is 13.0 Å². The summed E-state index contributed by atoms with van der Waals surface area (Å²) in [5.41, 5.74) is -1.35. The first-order valence-corrected chi connectivity index (χ1v) is 12.3. The van der Waals surface area contributed by atoms with Crippen LogP contribution in [-0.2, 0) is 12.8 Å². The minimum absolute atomic E-state index is 0.0101. The zero-order valence-electron chi connectivity index (χ0n) is 20.8. The smallest absolute Gasteiger partial charge is 0.169 e. The standard InChI is InChI=1S/C30H26O8/c1-29(37)9-14-8-13-6-7-16(26(34)22(13)27(35)21(14)19(32)11-29)23-15-4-3-5-18(31)24(15)28(36)25-17(23)10-30(2,38)12-20(25)33/h3-8,31,34-38H,9-12H2,1-2H3/t29?,30-/m0/s1. The van der Waals surface area contributed by atoms with E-state index in [9.17, 15) is 40.2 Å². The lowest BCUT2D eigenvalue weighted by Crippen LogP contribution is -2.36. The number of hydrogen-bond acceptors (Lipinski definition) is 8. The molecule has 0 aromatic heterocycles. The van der Waals surface area contributed by atoms with E-state index in [0.29, 0.717) is 27.5 Å². The van der Waals surface area contributed by atoms with Crippen LogP contribution in [0.1, 0.15) is 58.5 Å². The molecule has 2 atom stereocenters. The summed E-state index contributed by atoms with van der Waals surface area (Å²) in [6.45, 7) is 3.07. The molecule has 38 heavy (non-hydrogen) atoms. The summed E-state index contributed by atoms with van der Waals surface area (Å²) in [7, 11) is 0. The second kappa shape index (κ2) is 7.69. The average molecular weight is 515 g/mol. The molecule has 8 heteroatoms. The fourth-order valence-electron chi connectivity index (χ4n) is 6.29. The molecule has 2 aliphatic rings. The summed E-state index contributed by atoms with van der Waals surface area (Å²) in [5, 5.41) is 66.6. The summed E-state index contributed by atoms with van der Waals surface area (Å²) >= 11 is 0. The third-order valence-corrected chi connectivity index (χ3v) is 7.76. The molecule has 0 saturated carbocycles. The van der Waals surface area contributed by atoms with Crippen molar-refractivity contribution in [3.63, 3.8) is 0 Å². The Bertz CT molecular complexity index is 1750. The highest BCUT2D eigenvalue weighted by Crippen LogP contribution is 2.52. The number of Topliss-reactive ketones (excluding diaryl/α,β-unsaturated/α-hetero) is 2. The lowest BCUT2D eigenvalue weighted by atomic mass is 9.75. The van der Waals surface area contributed by atoms with Crippen LogP contribution < -0.4 is 0 Å². The number of benzene rings is 4. The Morgan fingerprint density at radius 1 is 0.684 bits per heavy atom. The van der Waals surface area contributed by atoms with Crippen LogP contribution in [-0.4, -0.2) is 53.4 Å². The number of hydrogen-bond donors (Lipinski definition) is 6. The number of phenolic OH excluding ortho intramolecular Hbond substituents is 4. The van der Waals surface area contributed by atoms with Crippen LogP contribution in [0.4, 0.5) is 0 Å². The third kappa shape index (κ3) is 3.37. The van der Waals surface area contributed by atoms with Crippen LogP contribution in [0.25, 0.3) is 32.7 Å². The Labute approximate surface area is 217 Å². The predicted octanol–water partition coefficient (Wildman–Crippen LogP) is 4.24. The second-order valence-corrected chi connectivity index (χ2v) is 11.1. The fourth-order valence-corrected chi connectivity index (χ4v) is 6.29. The maximum absolute atomic E-state index is 13.1. The molecule has 0 heterocycles. The number of aromatic hydroxyl groups is 4. The average Bonchev–Trinajstić information content (AvgIpc) is 2.77. The Hall–Kier alpha value is -4.14. The van der Waals surface area contributed by atoms with Crippen molar-refractivity contribution < 1.29 is 40.2 Å². The predicted molar refractivity (Wildman–Crippen MR) is 140 cm³/mol. The van der Waals surface area contributed by atoms with Gasteiger partial charge in [-0.3, -0.25) is 9.59 Å². The summed E-state index contributed by atoms with van der Waals surface area (Å²) in [6, 6.07) is 9.46. The number of carbonyl (C=O) groups is 2. The molecule has 0 aliphatic heterocycles. The number of ketones is 2. The molecule has 1 unspecified atom stereocenters. The first-order valence-electron chi connectivity index (χ1n) is 12.3. The van der Waals surface area contributed by atoms with Gasteiger partial charge in [-0.15, -0.1) is 0 Å². The van der Waals surface area contributed by atoms with Gasteiger partial charge in [-0.2, -0.15) is 0 Å². The van der Waals surface area contributed by atoms with E-state index in [0.717, 1.165) is 0 Å². The topological polar surface area (TPSA) is 156 Å². The molecule has 0 saturated heterocycles. The van der Waals surface area contributed by atoms with Crippen molar-refractivity contribution in [3.05, 3.63) is 58.7 Å². The van der Waals surface area contributed by atoms with Crippen molar-refractivity contribution in [3.8, 4) is 34.1 Å². The number of rotatable bonds is 1. The molecule has 6 N–H and O–H groups in total. The zero-order chi connectivity index (χ0) is 27.3. The van der Waals surface area contributed by atoms with Crippen molar-refractivity contribution in [2.24, 2.45) is 0 Å². The largest absolute Gasteiger partial charge is 0.507 e. The van der Waals surface area contributed by atoms with E-state index in [-0.39, 0.29) is 64.6 Å². The van der Waals surface area contributed by atoms with Crippen LogP contribution in [0, 0.1) is 0 Å². The van der Waals surface area contributed by atoms with E-state index in [2.05, 4.69) is 0 Å². The van der Waals surface area contributed by atoms with E-state index in [1.54, 1.807) is 37.3 Å². The summed E-state index contributed by atoms with van der Waals surface area (Å²) in [6.07, 6.45) is -0.253. The molecule has 0 fully saturated rings. The van der Waals surface area contributed by atoms with Crippen LogP contribution >= 0.6 is 0 Å². The van der Waals surface area contributed by atoms with E-state index < -0.39 is 34.3 Å². The normalized spacial score (nSPS) is 23.1. The molecule has 0 bridgehead atoms. The maximum atomic E-state index is 13.1. The Balaban J connectivity index is 1.73. The highest BCUT2D eigenvalue weighted by molar-refractivity contribution is 6.17. The fraction of sp³-hybridized carbons (Fsp3) is 0.267. The number of aliphatic hydroxyl groups is 2. The van der Waals surface area contributed by atoms with E-state index in [4.69, 9.17) is 0 Å². The van der Waals surface area contributed by atoms with Crippen LogP contribution in [0.3, 0.4) is 0 Å². The number of phenols is 4. The van der Waals surface area contributed by atoms with Crippen LogP contribution in [0.5, 0.6) is 23.0 Å². The van der Waals surface area contributed by atoms with Gasteiger partial charge in [-0.25, -0.2) is 0 Å². The number of carbonyl (C=O) groups excluding carboxylic acids is 2. The van der Waals surface area contributed by atoms with Gasteiger partial charge in [0.1, 0.15) is 23.0 Å². The maximum Gasteiger partial charge on any atom is 0.169 e. The minimum Gasteiger partial charge on any atom is -0.507 e. The molecule has 0 amide bonds. The van der Waals surface area contributed by atoms with Crippen molar-refractivity contribution in [1.29, 1.82) is 0 Å². The van der Waals surface area contributed by atoms with Crippen LogP contribution in [0.15, 0.2) is 36.4 Å². The summed E-state index contributed by atoms with van der Waals surface area (Å²) in [4.78, 5) is 26.0. The molecular weight excluding hydrogens is 488 g/mol. The monoisotopic (exact) mass is 514 g/mol. The van der Waals surface area contributed by atoms with Gasteiger partial charge in [0, 0.05) is 31.2 Å². The Morgan fingerprint density at radius 2 is 1.32 bits per heavy atom. The molecular formula is C30H26O8. The first-order chi connectivity index (χ1) is 17.8. The van der Waals surface area contributed by atoms with E-state index in [1.807, 2.05) is 0 Å². The van der Waals surface area contributed by atoms with Gasteiger partial charge in [-0.05, 0) is 59.5 Å². The zero-order valence-corrected chi connectivity index (χ0v) is 20.8. The van der Waals surface area contributed by atoms with Crippen molar-refractivity contribution in [2.45, 2.75) is 50.7 Å². The molecule has 4 aromatic rings. The molecule has 2 aliphatic carbocycles. The summed E-state index contributed by atoms with van der Waals surface area (Å²) < 4.78 is 0. The first kappa shape index (κ1) is 24.2. The van der Waals surface area contributed by atoms with Crippen molar-refractivity contribution >= 4 is 33.1 Å². The van der Waals surface area contributed by atoms with Gasteiger partial charge < -0.3 is 30.6 Å². The Morgan fingerprint density at radius 3 is 2.03 bits per heavy atom. The van der Waals surface area contributed by atoms with Gasteiger partial charge in [0.25, 0.3) is 0 Å². The van der Waals surface area contributed by atoms with Gasteiger partial charge in [0.05, 0.1) is 33.1 Å². The quantitative estimate of drug-likeness (QED) is 0.220. The summed E-state index contributed by atoms with van der Waals surface area (Å²) in [5.74, 6) is -2.37. The molecule has 0 radical (unpaired) electrons. The van der Waals surface area contributed by atoms with E-state index >= 15 is 0 Å². The molecule has 8 nitrogen and oxygen atoms in total. The molecule has 4 aromatic carbocycles. The second-order valence-electron chi connectivity index (χ2n) is 11.1. The number of fused-ring (bicyclic) bond motifs is 4.